The summed E-state index contributed by atoms with van der Waals surface area (Å²) in [6, 6.07) is 3.92. The Labute approximate surface area is 133 Å². The molecule has 0 saturated heterocycles. The van der Waals surface area contributed by atoms with Crippen LogP contribution in [0.2, 0.25) is 0 Å². The molecule has 0 amide bonds. The van der Waals surface area contributed by atoms with E-state index in [1.807, 2.05) is 32.9 Å². The molecule has 2 N–H and O–H groups in total. The third kappa shape index (κ3) is 4.73. The first-order chi connectivity index (χ1) is 10.2. The van der Waals surface area contributed by atoms with E-state index < -0.39 is 17.5 Å². The minimum absolute atomic E-state index is 0.441. The quantitative estimate of drug-likeness (QED) is 0.712. The summed E-state index contributed by atoms with van der Waals surface area (Å²) in [7, 11) is 0. The Hall–Kier alpha value is -1.55. The Morgan fingerprint density at radius 2 is 1.91 bits per heavy atom. The molecule has 1 rings (SSSR count). The zero-order valence-electron chi connectivity index (χ0n) is 14.3. The molecule has 0 bridgehead atoms. The first-order valence-corrected chi connectivity index (χ1v) is 7.84. The molecular formula is C18H28O4. The molecule has 4 heteroatoms. The van der Waals surface area contributed by atoms with Crippen molar-refractivity contribution in [1.82, 2.24) is 0 Å². The van der Waals surface area contributed by atoms with Gasteiger partial charge >= 0.3 is 5.97 Å². The van der Waals surface area contributed by atoms with Crippen LogP contribution in [0.25, 0.3) is 0 Å². The van der Waals surface area contributed by atoms with Crippen LogP contribution in [0.15, 0.2) is 12.1 Å². The van der Waals surface area contributed by atoms with Gasteiger partial charge in [-0.05, 0) is 75.8 Å². The number of aliphatic carboxylic acids is 1. The first-order valence-electron chi connectivity index (χ1n) is 7.84. The van der Waals surface area contributed by atoms with Crippen LogP contribution in [0.1, 0.15) is 62.8 Å². The van der Waals surface area contributed by atoms with E-state index in [1.54, 1.807) is 13.8 Å². The summed E-state index contributed by atoms with van der Waals surface area (Å²) in [6.07, 6.45) is 1.51. The molecule has 1 aromatic rings. The van der Waals surface area contributed by atoms with Crippen molar-refractivity contribution in [2.24, 2.45) is 5.41 Å². The number of carboxylic acid groups (broad SMARTS) is 1. The average molecular weight is 308 g/mol. The van der Waals surface area contributed by atoms with E-state index in [1.165, 1.54) is 0 Å². The fraction of sp³-hybridized carbons (Fsp3) is 0.611. The van der Waals surface area contributed by atoms with Crippen molar-refractivity contribution in [3.63, 3.8) is 0 Å². The lowest BCUT2D eigenvalue weighted by Gasteiger charge is -2.19. The van der Waals surface area contributed by atoms with Crippen LogP contribution in [0.3, 0.4) is 0 Å². The SMILES string of the molecule is CCC(O)c1cc(C)c(OCCCC(C)(C)C(=O)O)cc1C. The van der Waals surface area contributed by atoms with E-state index in [0.29, 0.717) is 25.9 Å². The van der Waals surface area contributed by atoms with Crippen LogP contribution in [-0.4, -0.2) is 22.8 Å². The molecule has 0 spiro atoms. The summed E-state index contributed by atoms with van der Waals surface area (Å²) >= 11 is 0. The van der Waals surface area contributed by atoms with Crippen molar-refractivity contribution in [3.05, 3.63) is 28.8 Å². The number of carbonyl (C=O) groups is 1. The molecule has 0 aliphatic carbocycles. The number of carboxylic acids is 1. The van der Waals surface area contributed by atoms with Crippen molar-refractivity contribution in [2.45, 2.75) is 60.0 Å². The third-order valence-corrected chi connectivity index (χ3v) is 4.09. The van der Waals surface area contributed by atoms with Gasteiger partial charge in [0.15, 0.2) is 0 Å². The minimum atomic E-state index is -0.780. The maximum atomic E-state index is 11.0. The zero-order valence-corrected chi connectivity index (χ0v) is 14.3. The maximum absolute atomic E-state index is 11.0. The van der Waals surface area contributed by atoms with Gasteiger partial charge in [-0.3, -0.25) is 4.79 Å². The standard InChI is InChI=1S/C18H28O4/c1-6-15(19)14-10-13(3)16(11-12(14)2)22-9-7-8-18(4,5)17(20)21/h10-11,15,19H,6-9H2,1-5H3,(H,20,21). The highest BCUT2D eigenvalue weighted by Gasteiger charge is 2.26. The van der Waals surface area contributed by atoms with Crippen LogP contribution < -0.4 is 4.74 Å². The monoisotopic (exact) mass is 308 g/mol. The molecule has 0 heterocycles. The van der Waals surface area contributed by atoms with E-state index in [2.05, 4.69) is 0 Å². The third-order valence-electron chi connectivity index (χ3n) is 4.09. The molecule has 0 aliphatic heterocycles. The van der Waals surface area contributed by atoms with Crippen LogP contribution >= 0.6 is 0 Å². The molecule has 1 aromatic carbocycles. The van der Waals surface area contributed by atoms with Crippen LogP contribution in [-0.2, 0) is 4.79 Å². The number of aliphatic hydroxyl groups is 1. The normalized spacial score (nSPS) is 13.0. The van der Waals surface area contributed by atoms with Crippen molar-refractivity contribution in [1.29, 1.82) is 0 Å². The molecule has 0 aliphatic rings. The molecule has 1 atom stereocenters. The smallest absolute Gasteiger partial charge is 0.309 e. The van der Waals surface area contributed by atoms with Crippen molar-refractivity contribution >= 4 is 5.97 Å². The van der Waals surface area contributed by atoms with Crippen molar-refractivity contribution < 1.29 is 19.7 Å². The van der Waals surface area contributed by atoms with Gasteiger partial charge in [-0.1, -0.05) is 6.92 Å². The van der Waals surface area contributed by atoms with Gasteiger partial charge < -0.3 is 14.9 Å². The lowest BCUT2D eigenvalue weighted by Crippen LogP contribution is -2.24. The predicted octanol–water partition coefficient (Wildman–Crippen LogP) is 4.02. The Kier molecular flexibility index (Phi) is 6.42. The summed E-state index contributed by atoms with van der Waals surface area (Å²) in [4.78, 5) is 11.0. The number of aliphatic hydroxyl groups excluding tert-OH is 1. The fourth-order valence-electron chi connectivity index (χ4n) is 2.35. The molecule has 4 nitrogen and oxygen atoms in total. The Morgan fingerprint density at radius 3 is 2.45 bits per heavy atom. The number of ether oxygens (including phenoxy) is 1. The van der Waals surface area contributed by atoms with Crippen LogP contribution in [0.4, 0.5) is 0 Å². The molecule has 0 aromatic heterocycles. The van der Waals surface area contributed by atoms with Crippen LogP contribution in [0, 0.1) is 19.3 Å². The molecule has 0 saturated carbocycles. The number of benzene rings is 1. The average Bonchev–Trinajstić information content (AvgIpc) is 2.45. The number of rotatable bonds is 8. The molecule has 124 valence electrons. The summed E-state index contributed by atoms with van der Waals surface area (Å²) in [5.74, 6) is 0.0233. The van der Waals surface area contributed by atoms with Gasteiger partial charge in [0.25, 0.3) is 0 Å². The number of hydrogen-bond acceptors (Lipinski definition) is 3. The van der Waals surface area contributed by atoms with Gasteiger partial charge in [0.1, 0.15) is 5.75 Å². The maximum Gasteiger partial charge on any atom is 0.309 e. The molecule has 0 fully saturated rings. The second-order valence-corrected chi connectivity index (χ2v) is 6.54. The van der Waals surface area contributed by atoms with E-state index in [9.17, 15) is 9.90 Å². The van der Waals surface area contributed by atoms with Gasteiger partial charge in [0, 0.05) is 0 Å². The first kappa shape index (κ1) is 18.5. The zero-order chi connectivity index (χ0) is 16.9. The topological polar surface area (TPSA) is 66.8 Å². The summed E-state index contributed by atoms with van der Waals surface area (Å²) in [6.45, 7) is 9.83. The highest BCUT2D eigenvalue weighted by molar-refractivity contribution is 5.73. The van der Waals surface area contributed by atoms with Crippen LogP contribution in [0.5, 0.6) is 5.75 Å². The molecule has 1 unspecified atom stereocenters. The van der Waals surface area contributed by atoms with Gasteiger partial charge in [-0.15, -0.1) is 0 Å². The lowest BCUT2D eigenvalue weighted by molar-refractivity contribution is -0.147. The highest BCUT2D eigenvalue weighted by Crippen LogP contribution is 2.29. The molecular weight excluding hydrogens is 280 g/mol. The van der Waals surface area contributed by atoms with Gasteiger partial charge in [-0.2, -0.15) is 0 Å². The van der Waals surface area contributed by atoms with Gasteiger partial charge in [0.2, 0.25) is 0 Å². The van der Waals surface area contributed by atoms with E-state index in [-0.39, 0.29) is 0 Å². The largest absolute Gasteiger partial charge is 0.493 e. The van der Waals surface area contributed by atoms with E-state index >= 15 is 0 Å². The van der Waals surface area contributed by atoms with E-state index in [4.69, 9.17) is 9.84 Å². The van der Waals surface area contributed by atoms with Gasteiger partial charge in [-0.25, -0.2) is 0 Å². The summed E-state index contributed by atoms with van der Waals surface area (Å²) < 4.78 is 5.79. The van der Waals surface area contributed by atoms with Crippen molar-refractivity contribution in [2.75, 3.05) is 6.61 Å². The number of hydrogen-bond donors (Lipinski definition) is 2. The Bertz CT molecular complexity index is 520. The summed E-state index contributed by atoms with van der Waals surface area (Å²) in [5, 5.41) is 19.1. The Morgan fingerprint density at radius 1 is 1.27 bits per heavy atom. The second kappa shape index (κ2) is 7.63. The lowest BCUT2D eigenvalue weighted by atomic mass is 9.88. The highest BCUT2D eigenvalue weighted by atomic mass is 16.5. The van der Waals surface area contributed by atoms with Gasteiger partial charge in [0.05, 0.1) is 18.1 Å². The predicted molar refractivity (Wildman–Crippen MR) is 87.3 cm³/mol. The minimum Gasteiger partial charge on any atom is -0.493 e. The number of aryl methyl sites for hydroxylation is 2. The fourth-order valence-corrected chi connectivity index (χ4v) is 2.35. The second-order valence-electron chi connectivity index (χ2n) is 6.54. The molecule has 0 radical (unpaired) electrons. The summed E-state index contributed by atoms with van der Waals surface area (Å²) in [5.41, 5.74) is 2.23. The Balaban J connectivity index is 2.64. The van der Waals surface area contributed by atoms with E-state index in [0.717, 1.165) is 22.4 Å². The molecule has 22 heavy (non-hydrogen) atoms. The van der Waals surface area contributed by atoms with Crippen molar-refractivity contribution in [3.8, 4) is 5.75 Å².